The molecule has 25 heavy (non-hydrogen) atoms. The number of carbonyl (C=O) groups excluding carboxylic acids is 1. The summed E-state index contributed by atoms with van der Waals surface area (Å²) in [6.45, 7) is 0.552. The number of aromatic nitrogens is 1. The van der Waals surface area contributed by atoms with Gasteiger partial charge in [0.15, 0.2) is 0 Å². The number of urea groups is 1. The maximum Gasteiger partial charge on any atom is 0.319 e. The number of hydrogen-bond acceptors (Lipinski definition) is 4. The number of nitrogens with zero attached hydrogens (tertiary/aromatic N) is 1. The highest BCUT2D eigenvalue weighted by Gasteiger charge is 2.04. The molecule has 2 aromatic heterocycles. The third-order valence-electron chi connectivity index (χ3n) is 3.29. The zero-order valence-electron chi connectivity index (χ0n) is 13.2. The van der Waals surface area contributed by atoms with E-state index in [1.807, 2.05) is 11.4 Å². The molecule has 0 bridgehead atoms. The molecule has 128 valence electrons. The van der Waals surface area contributed by atoms with E-state index in [1.165, 1.54) is 23.9 Å². The summed E-state index contributed by atoms with van der Waals surface area (Å²) in [5, 5.41) is 9.55. The predicted octanol–water partition coefficient (Wildman–Crippen LogP) is 4.44. The van der Waals surface area contributed by atoms with Crippen molar-refractivity contribution in [2.75, 3.05) is 11.9 Å². The number of benzene rings is 1. The number of hydrogen-bond donors (Lipinski definition) is 2. The molecule has 0 aliphatic carbocycles. The number of nitrogens with one attached hydrogen (secondary N) is 2. The molecule has 3 rings (SSSR count). The number of thiophene rings is 1. The normalized spacial score (nSPS) is 10.3. The van der Waals surface area contributed by atoms with Crippen LogP contribution in [0.4, 0.5) is 14.9 Å². The summed E-state index contributed by atoms with van der Waals surface area (Å²) >= 11 is 1.63. The number of ether oxygens (including phenoxy) is 1. The lowest BCUT2D eigenvalue weighted by Gasteiger charge is -2.08. The van der Waals surface area contributed by atoms with Gasteiger partial charge in [0.05, 0.1) is 11.9 Å². The molecule has 0 aliphatic rings. The minimum Gasteiger partial charge on any atom is -0.439 e. The van der Waals surface area contributed by atoms with Crippen molar-refractivity contribution in [1.29, 1.82) is 0 Å². The third kappa shape index (κ3) is 5.29. The minimum absolute atomic E-state index is 0.296. The van der Waals surface area contributed by atoms with Crippen molar-refractivity contribution in [3.63, 3.8) is 0 Å². The van der Waals surface area contributed by atoms with E-state index in [4.69, 9.17) is 4.74 Å². The smallest absolute Gasteiger partial charge is 0.319 e. The van der Waals surface area contributed by atoms with Crippen LogP contribution in [-0.2, 0) is 6.42 Å². The molecule has 0 saturated heterocycles. The van der Waals surface area contributed by atoms with Crippen LogP contribution in [0, 0.1) is 5.82 Å². The van der Waals surface area contributed by atoms with E-state index in [0.717, 1.165) is 6.42 Å². The van der Waals surface area contributed by atoms with Gasteiger partial charge in [-0.3, -0.25) is 0 Å². The van der Waals surface area contributed by atoms with Crippen LogP contribution in [-0.4, -0.2) is 17.6 Å². The maximum atomic E-state index is 13.1. The maximum absolute atomic E-state index is 13.1. The Labute approximate surface area is 148 Å². The molecule has 2 heterocycles. The molecule has 0 aliphatic heterocycles. The second kappa shape index (κ2) is 8.25. The third-order valence-corrected chi connectivity index (χ3v) is 4.02. The summed E-state index contributed by atoms with van der Waals surface area (Å²) in [4.78, 5) is 15.9. The average molecular weight is 357 g/mol. The molecule has 3 aromatic rings. The highest BCUT2D eigenvalue weighted by molar-refractivity contribution is 7.07. The Hall–Kier alpha value is -2.93. The van der Waals surface area contributed by atoms with Crippen LogP contribution < -0.4 is 15.4 Å². The van der Waals surface area contributed by atoms with Crippen LogP contribution in [0.3, 0.4) is 0 Å². The first-order valence-corrected chi connectivity index (χ1v) is 8.59. The van der Waals surface area contributed by atoms with Crippen LogP contribution in [0.2, 0.25) is 0 Å². The van der Waals surface area contributed by atoms with Gasteiger partial charge in [0.1, 0.15) is 11.6 Å². The number of amides is 2. The number of carbonyl (C=O) groups is 1. The van der Waals surface area contributed by atoms with Gasteiger partial charge in [-0.1, -0.05) is 6.07 Å². The number of anilines is 1. The molecule has 0 saturated carbocycles. The quantitative estimate of drug-likeness (QED) is 0.686. The van der Waals surface area contributed by atoms with E-state index in [2.05, 4.69) is 21.0 Å². The van der Waals surface area contributed by atoms with Gasteiger partial charge in [-0.15, -0.1) is 0 Å². The van der Waals surface area contributed by atoms with Gasteiger partial charge in [-0.05, 0) is 47.0 Å². The lowest BCUT2D eigenvalue weighted by molar-refractivity contribution is 0.252. The molecule has 2 amide bonds. The Morgan fingerprint density at radius 3 is 2.88 bits per heavy atom. The van der Waals surface area contributed by atoms with Gasteiger partial charge in [0, 0.05) is 18.7 Å². The van der Waals surface area contributed by atoms with Crippen LogP contribution in [0.1, 0.15) is 5.56 Å². The largest absolute Gasteiger partial charge is 0.439 e. The Kier molecular flexibility index (Phi) is 5.58. The Bertz CT molecular complexity index is 823. The van der Waals surface area contributed by atoms with Crippen molar-refractivity contribution in [1.82, 2.24) is 10.3 Å². The lowest BCUT2D eigenvalue weighted by atomic mass is 10.2. The van der Waals surface area contributed by atoms with Gasteiger partial charge in [-0.2, -0.15) is 11.3 Å². The average Bonchev–Trinajstić information content (AvgIpc) is 3.10. The number of halogens is 1. The standard InChI is InChI=1S/C18H16FN3O2S/c19-14-2-1-3-16(10-14)24-17-5-4-15(11-21-17)22-18(23)20-8-6-13-7-9-25-12-13/h1-5,7,9-12H,6,8H2,(H2,20,22,23). The van der Waals surface area contributed by atoms with E-state index in [0.29, 0.717) is 23.9 Å². The van der Waals surface area contributed by atoms with Crippen LogP contribution >= 0.6 is 11.3 Å². The summed E-state index contributed by atoms with van der Waals surface area (Å²) < 4.78 is 18.6. The van der Waals surface area contributed by atoms with Crippen LogP contribution in [0.5, 0.6) is 11.6 Å². The second-order valence-corrected chi connectivity index (χ2v) is 5.99. The molecule has 1 aromatic carbocycles. The number of rotatable bonds is 6. The second-order valence-electron chi connectivity index (χ2n) is 5.21. The zero-order chi connectivity index (χ0) is 17.5. The zero-order valence-corrected chi connectivity index (χ0v) is 14.1. The molecule has 7 heteroatoms. The van der Waals surface area contributed by atoms with Crippen LogP contribution in [0.15, 0.2) is 59.4 Å². The Balaban J connectivity index is 1.47. The first-order chi connectivity index (χ1) is 12.2. The van der Waals surface area contributed by atoms with Crippen molar-refractivity contribution in [3.8, 4) is 11.6 Å². The van der Waals surface area contributed by atoms with Crippen molar-refractivity contribution < 1.29 is 13.9 Å². The summed E-state index contributed by atoms with van der Waals surface area (Å²) in [7, 11) is 0. The van der Waals surface area contributed by atoms with Gasteiger partial charge < -0.3 is 15.4 Å². The van der Waals surface area contributed by atoms with Gasteiger partial charge in [-0.25, -0.2) is 14.2 Å². The monoisotopic (exact) mass is 357 g/mol. The molecular weight excluding hydrogens is 341 g/mol. The Morgan fingerprint density at radius 2 is 2.16 bits per heavy atom. The minimum atomic E-state index is -0.380. The van der Waals surface area contributed by atoms with E-state index >= 15 is 0 Å². The molecule has 2 N–H and O–H groups in total. The van der Waals surface area contributed by atoms with Crippen molar-refractivity contribution >= 4 is 23.1 Å². The molecule has 5 nitrogen and oxygen atoms in total. The fraction of sp³-hybridized carbons (Fsp3) is 0.111. The molecular formula is C18H16FN3O2S. The highest BCUT2D eigenvalue weighted by Crippen LogP contribution is 2.21. The summed E-state index contributed by atoms with van der Waals surface area (Å²) in [6.07, 6.45) is 2.27. The van der Waals surface area contributed by atoms with Crippen LogP contribution in [0.25, 0.3) is 0 Å². The fourth-order valence-electron chi connectivity index (χ4n) is 2.10. The molecule has 0 spiro atoms. The van der Waals surface area contributed by atoms with E-state index in [9.17, 15) is 9.18 Å². The molecule has 0 unspecified atom stereocenters. The van der Waals surface area contributed by atoms with Gasteiger partial charge >= 0.3 is 6.03 Å². The Morgan fingerprint density at radius 1 is 1.24 bits per heavy atom. The first-order valence-electron chi connectivity index (χ1n) is 7.64. The summed E-state index contributed by atoms with van der Waals surface area (Å²) in [5.74, 6) is 0.295. The van der Waals surface area contributed by atoms with E-state index in [-0.39, 0.29) is 11.8 Å². The first kappa shape index (κ1) is 16.9. The SMILES string of the molecule is O=C(NCCc1ccsc1)Nc1ccc(Oc2cccc(F)c2)nc1. The molecule has 0 radical (unpaired) electrons. The van der Waals surface area contributed by atoms with Crippen molar-refractivity contribution in [2.45, 2.75) is 6.42 Å². The van der Waals surface area contributed by atoms with Gasteiger partial charge in [0.2, 0.25) is 5.88 Å². The predicted molar refractivity (Wildman–Crippen MR) is 95.8 cm³/mol. The summed E-state index contributed by atoms with van der Waals surface area (Å²) in [5.41, 5.74) is 1.74. The fourth-order valence-corrected chi connectivity index (χ4v) is 2.80. The molecule has 0 fully saturated rings. The highest BCUT2D eigenvalue weighted by atomic mass is 32.1. The van der Waals surface area contributed by atoms with E-state index < -0.39 is 0 Å². The summed E-state index contributed by atoms with van der Waals surface area (Å²) in [6, 6.07) is 10.8. The van der Waals surface area contributed by atoms with Crippen molar-refractivity contribution in [2.24, 2.45) is 0 Å². The topological polar surface area (TPSA) is 63.2 Å². The molecule has 0 atom stereocenters. The number of pyridine rings is 1. The lowest BCUT2D eigenvalue weighted by Crippen LogP contribution is -2.30. The van der Waals surface area contributed by atoms with Crippen molar-refractivity contribution in [3.05, 3.63) is 70.8 Å². The van der Waals surface area contributed by atoms with E-state index in [1.54, 1.807) is 35.6 Å². The van der Waals surface area contributed by atoms with Gasteiger partial charge in [0.25, 0.3) is 0 Å².